The normalized spacial score (nSPS) is 19.0. The highest BCUT2D eigenvalue weighted by Gasteiger charge is 2.25. The van der Waals surface area contributed by atoms with Crippen LogP contribution in [0.2, 0.25) is 0 Å². The van der Waals surface area contributed by atoms with Crippen molar-refractivity contribution in [2.75, 3.05) is 13.1 Å². The van der Waals surface area contributed by atoms with Gasteiger partial charge in [-0.15, -0.1) is 23.1 Å². The Bertz CT molecular complexity index is 446. The number of fused-ring (bicyclic) bond motifs is 1. The highest BCUT2D eigenvalue weighted by atomic mass is 32.2. The summed E-state index contributed by atoms with van der Waals surface area (Å²) >= 11 is 3.97. The summed E-state index contributed by atoms with van der Waals surface area (Å²) in [6.07, 6.45) is 3.87. The largest absolute Gasteiger partial charge is 0.316 e. The summed E-state index contributed by atoms with van der Waals surface area (Å²) in [6, 6.07) is 0. The standard InChI is InChI=1S/C17H30N2S2/c1-12(2)9-18-10-13-7-6-8-14-16(13)19-15(21-14)11-20-17(3,4)5/h12-13,18H,6-11H2,1-5H3. The molecule has 1 aliphatic rings. The van der Waals surface area contributed by atoms with E-state index in [1.165, 1.54) is 30.0 Å². The van der Waals surface area contributed by atoms with E-state index in [2.05, 4.69) is 39.9 Å². The first-order valence-corrected chi connectivity index (χ1v) is 9.98. The van der Waals surface area contributed by atoms with E-state index in [1.54, 1.807) is 4.88 Å². The molecule has 21 heavy (non-hydrogen) atoms. The van der Waals surface area contributed by atoms with Crippen molar-refractivity contribution in [1.29, 1.82) is 0 Å². The highest BCUT2D eigenvalue weighted by Crippen LogP contribution is 2.37. The number of nitrogens with zero attached hydrogens (tertiary/aromatic N) is 1. The van der Waals surface area contributed by atoms with Gasteiger partial charge in [0.1, 0.15) is 5.01 Å². The molecule has 4 heteroatoms. The lowest BCUT2D eigenvalue weighted by molar-refractivity contribution is 0.472. The molecule has 2 nitrogen and oxygen atoms in total. The minimum absolute atomic E-state index is 0.324. The van der Waals surface area contributed by atoms with Gasteiger partial charge in [0.25, 0.3) is 0 Å². The first-order chi connectivity index (χ1) is 9.85. The van der Waals surface area contributed by atoms with E-state index in [-0.39, 0.29) is 0 Å². The minimum Gasteiger partial charge on any atom is -0.316 e. The van der Waals surface area contributed by atoms with Crippen LogP contribution in [0.5, 0.6) is 0 Å². The van der Waals surface area contributed by atoms with Crippen molar-refractivity contribution in [3.8, 4) is 0 Å². The van der Waals surface area contributed by atoms with Crippen LogP contribution in [-0.4, -0.2) is 22.8 Å². The fourth-order valence-corrected chi connectivity index (χ4v) is 4.67. The minimum atomic E-state index is 0.324. The molecule has 0 amide bonds. The van der Waals surface area contributed by atoms with Crippen molar-refractivity contribution in [2.45, 2.75) is 70.3 Å². The molecule has 1 atom stereocenters. The van der Waals surface area contributed by atoms with Crippen molar-refractivity contribution >= 4 is 23.1 Å². The summed E-state index contributed by atoms with van der Waals surface area (Å²) in [7, 11) is 0. The van der Waals surface area contributed by atoms with Gasteiger partial charge < -0.3 is 5.32 Å². The van der Waals surface area contributed by atoms with E-state index >= 15 is 0 Å². The summed E-state index contributed by atoms with van der Waals surface area (Å²) < 4.78 is 0.324. The number of aryl methyl sites for hydroxylation is 1. The average molecular weight is 327 g/mol. The number of thiazole rings is 1. The molecule has 0 radical (unpaired) electrons. The number of aromatic nitrogens is 1. The molecule has 1 heterocycles. The zero-order valence-electron chi connectivity index (χ0n) is 14.2. The maximum atomic E-state index is 4.99. The molecule has 1 N–H and O–H groups in total. The molecule has 0 fully saturated rings. The lowest BCUT2D eigenvalue weighted by Crippen LogP contribution is -2.27. The molecule has 1 unspecified atom stereocenters. The lowest BCUT2D eigenvalue weighted by Gasteiger charge is -2.22. The molecule has 120 valence electrons. The average Bonchev–Trinajstić information content (AvgIpc) is 2.79. The Labute approximate surface area is 138 Å². The van der Waals surface area contributed by atoms with E-state index in [0.29, 0.717) is 10.7 Å². The van der Waals surface area contributed by atoms with Crippen molar-refractivity contribution < 1.29 is 0 Å². The molecule has 1 aromatic rings. The zero-order chi connectivity index (χ0) is 15.5. The molecule has 0 saturated carbocycles. The second-order valence-corrected chi connectivity index (χ2v) is 10.4. The van der Waals surface area contributed by atoms with Gasteiger partial charge >= 0.3 is 0 Å². The predicted octanol–water partition coefficient (Wildman–Crippen LogP) is 4.84. The maximum Gasteiger partial charge on any atom is 0.103 e. The van der Waals surface area contributed by atoms with E-state index < -0.39 is 0 Å². The number of hydrogen-bond acceptors (Lipinski definition) is 4. The fraction of sp³-hybridized carbons (Fsp3) is 0.824. The van der Waals surface area contributed by atoms with Crippen molar-refractivity contribution in [3.05, 3.63) is 15.6 Å². The maximum absolute atomic E-state index is 4.99. The molecular formula is C17H30N2S2. The van der Waals surface area contributed by atoms with Gasteiger partial charge in [0.2, 0.25) is 0 Å². The summed E-state index contributed by atoms with van der Waals surface area (Å²) in [5.74, 6) is 2.42. The quantitative estimate of drug-likeness (QED) is 0.809. The van der Waals surface area contributed by atoms with Gasteiger partial charge in [-0.3, -0.25) is 0 Å². The van der Waals surface area contributed by atoms with Gasteiger partial charge in [-0.05, 0) is 31.7 Å². The van der Waals surface area contributed by atoms with E-state index in [0.717, 1.165) is 24.8 Å². The predicted molar refractivity (Wildman–Crippen MR) is 96.5 cm³/mol. The van der Waals surface area contributed by atoms with Crippen LogP contribution in [0.25, 0.3) is 0 Å². The Balaban J connectivity index is 1.96. The van der Waals surface area contributed by atoms with Crippen LogP contribution in [0.15, 0.2) is 0 Å². The smallest absolute Gasteiger partial charge is 0.103 e. The van der Waals surface area contributed by atoms with Crippen LogP contribution in [0.4, 0.5) is 0 Å². The van der Waals surface area contributed by atoms with Crippen LogP contribution in [0, 0.1) is 5.92 Å². The third-order valence-electron chi connectivity index (χ3n) is 3.69. The van der Waals surface area contributed by atoms with E-state index in [4.69, 9.17) is 4.98 Å². The lowest BCUT2D eigenvalue weighted by atomic mass is 9.91. The zero-order valence-corrected chi connectivity index (χ0v) is 15.8. The van der Waals surface area contributed by atoms with Gasteiger partial charge in [0.15, 0.2) is 0 Å². The second kappa shape index (κ2) is 7.47. The first kappa shape index (κ1) is 17.3. The molecule has 0 aliphatic heterocycles. The molecule has 1 aliphatic carbocycles. The Morgan fingerprint density at radius 1 is 1.38 bits per heavy atom. The Kier molecular flexibility index (Phi) is 6.15. The van der Waals surface area contributed by atoms with Crippen LogP contribution in [0.1, 0.15) is 69.0 Å². The summed E-state index contributed by atoms with van der Waals surface area (Å²) in [5.41, 5.74) is 1.41. The van der Waals surface area contributed by atoms with Gasteiger partial charge in [0, 0.05) is 27.8 Å². The van der Waals surface area contributed by atoms with Crippen LogP contribution >= 0.6 is 23.1 Å². The van der Waals surface area contributed by atoms with Gasteiger partial charge in [-0.2, -0.15) is 0 Å². The second-order valence-electron chi connectivity index (χ2n) is 7.46. The highest BCUT2D eigenvalue weighted by molar-refractivity contribution is 7.99. The topological polar surface area (TPSA) is 24.9 Å². The monoisotopic (exact) mass is 326 g/mol. The van der Waals surface area contributed by atoms with Crippen LogP contribution in [0.3, 0.4) is 0 Å². The molecular weight excluding hydrogens is 296 g/mol. The van der Waals surface area contributed by atoms with E-state index in [1.807, 2.05) is 23.1 Å². The van der Waals surface area contributed by atoms with Crippen LogP contribution in [-0.2, 0) is 12.2 Å². The fourth-order valence-electron chi connectivity index (χ4n) is 2.64. The molecule has 0 aromatic carbocycles. The molecule has 0 spiro atoms. The summed E-state index contributed by atoms with van der Waals surface area (Å²) in [4.78, 5) is 6.55. The number of hydrogen-bond donors (Lipinski definition) is 1. The number of rotatable bonds is 6. The SMILES string of the molecule is CC(C)CNCC1CCCc2sc(CSC(C)(C)C)nc21. The Hall–Kier alpha value is -0.0600. The van der Waals surface area contributed by atoms with Crippen LogP contribution < -0.4 is 5.32 Å². The number of nitrogens with one attached hydrogen (secondary N) is 1. The Morgan fingerprint density at radius 3 is 2.81 bits per heavy atom. The van der Waals surface area contributed by atoms with Crippen molar-refractivity contribution in [2.24, 2.45) is 5.92 Å². The number of thioether (sulfide) groups is 1. The van der Waals surface area contributed by atoms with Gasteiger partial charge in [0.05, 0.1) is 5.69 Å². The summed E-state index contributed by atoms with van der Waals surface area (Å²) in [5, 5.41) is 4.95. The molecule has 2 rings (SSSR count). The molecule has 1 aromatic heterocycles. The van der Waals surface area contributed by atoms with E-state index in [9.17, 15) is 0 Å². The van der Waals surface area contributed by atoms with Crippen molar-refractivity contribution in [3.63, 3.8) is 0 Å². The first-order valence-electron chi connectivity index (χ1n) is 8.18. The summed E-state index contributed by atoms with van der Waals surface area (Å²) in [6.45, 7) is 13.6. The third kappa shape index (κ3) is 5.57. The molecule has 0 bridgehead atoms. The van der Waals surface area contributed by atoms with Crippen molar-refractivity contribution in [1.82, 2.24) is 10.3 Å². The van der Waals surface area contributed by atoms with Gasteiger partial charge in [-0.25, -0.2) is 4.98 Å². The third-order valence-corrected chi connectivity index (χ3v) is 6.28. The van der Waals surface area contributed by atoms with Gasteiger partial charge in [-0.1, -0.05) is 34.6 Å². The molecule has 0 saturated heterocycles. The Morgan fingerprint density at radius 2 is 2.14 bits per heavy atom.